The molecule has 1 aromatic heterocycles. The van der Waals surface area contributed by atoms with E-state index >= 15 is 0 Å². The second-order valence-corrected chi connectivity index (χ2v) is 6.27. The molecule has 3 N–H and O–H groups in total. The van der Waals surface area contributed by atoms with Crippen LogP contribution in [0, 0.1) is 0 Å². The van der Waals surface area contributed by atoms with Gasteiger partial charge in [-0.25, -0.2) is 13.6 Å². The fourth-order valence-electron chi connectivity index (χ4n) is 1.25. The minimum absolute atomic E-state index is 0.0121. The van der Waals surface area contributed by atoms with Gasteiger partial charge < -0.3 is 5.32 Å². The first-order valence-corrected chi connectivity index (χ1v) is 7.33. The van der Waals surface area contributed by atoms with Crippen LogP contribution in [-0.4, -0.2) is 26.8 Å². The Kier molecular flexibility index (Phi) is 4.72. The molecule has 4 nitrogen and oxygen atoms in total. The monoisotopic (exact) mass is 248 g/mol. The highest BCUT2D eigenvalue weighted by Gasteiger charge is 2.06. The number of sulfonamides is 1. The van der Waals surface area contributed by atoms with Crippen molar-refractivity contribution in [2.24, 2.45) is 5.14 Å². The summed E-state index contributed by atoms with van der Waals surface area (Å²) in [5.74, 6) is -0.0121. The fourth-order valence-corrected chi connectivity index (χ4v) is 2.49. The molecule has 86 valence electrons. The van der Waals surface area contributed by atoms with Gasteiger partial charge in [-0.2, -0.15) is 0 Å². The van der Waals surface area contributed by atoms with E-state index in [2.05, 4.69) is 11.4 Å². The first-order valence-electron chi connectivity index (χ1n) is 4.73. The molecular weight excluding hydrogens is 232 g/mol. The second kappa shape index (κ2) is 5.60. The zero-order valence-corrected chi connectivity index (χ0v) is 10.3. The molecule has 0 saturated carbocycles. The van der Waals surface area contributed by atoms with Gasteiger partial charge in [0.05, 0.1) is 5.75 Å². The fraction of sp³-hybridized carbons (Fsp3) is 0.556. The van der Waals surface area contributed by atoms with Crippen molar-refractivity contribution >= 4 is 21.4 Å². The van der Waals surface area contributed by atoms with E-state index in [-0.39, 0.29) is 11.8 Å². The van der Waals surface area contributed by atoms with Crippen molar-refractivity contribution in [2.45, 2.75) is 19.4 Å². The third-order valence-electron chi connectivity index (χ3n) is 1.97. The summed E-state index contributed by atoms with van der Waals surface area (Å²) < 4.78 is 21.3. The second-order valence-electron chi connectivity index (χ2n) is 3.51. The van der Waals surface area contributed by atoms with Gasteiger partial charge in [-0.05, 0) is 24.8 Å². The lowest BCUT2D eigenvalue weighted by Gasteiger charge is -2.11. The van der Waals surface area contributed by atoms with Crippen molar-refractivity contribution in [3.63, 3.8) is 0 Å². The van der Waals surface area contributed by atoms with Crippen molar-refractivity contribution in [3.8, 4) is 0 Å². The van der Waals surface area contributed by atoms with Gasteiger partial charge >= 0.3 is 0 Å². The molecule has 0 aromatic carbocycles. The molecule has 0 aliphatic rings. The van der Waals surface area contributed by atoms with Crippen molar-refractivity contribution in [1.29, 1.82) is 0 Å². The van der Waals surface area contributed by atoms with Gasteiger partial charge in [-0.1, -0.05) is 6.07 Å². The topological polar surface area (TPSA) is 72.2 Å². The van der Waals surface area contributed by atoms with Crippen LogP contribution >= 0.6 is 11.3 Å². The molecule has 1 aromatic rings. The van der Waals surface area contributed by atoms with E-state index in [1.807, 2.05) is 18.4 Å². The zero-order valence-electron chi connectivity index (χ0n) is 8.64. The van der Waals surface area contributed by atoms with E-state index in [9.17, 15) is 8.42 Å². The lowest BCUT2D eigenvalue weighted by Crippen LogP contribution is -2.34. The third kappa shape index (κ3) is 5.88. The number of nitrogens with one attached hydrogen (secondary N) is 1. The maximum absolute atomic E-state index is 10.7. The van der Waals surface area contributed by atoms with Gasteiger partial charge in [0.1, 0.15) is 0 Å². The van der Waals surface area contributed by atoms with Crippen LogP contribution in [0.1, 0.15) is 11.8 Å². The first-order chi connectivity index (χ1) is 6.97. The van der Waals surface area contributed by atoms with Crippen LogP contribution in [0.2, 0.25) is 0 Å². The quantitative estimate of drug-likeness (QED) is 0.772. The predicted molar refractivity (Wildman–Crippen MR) is 63.5 cm³/mol. The Balaban J connectivity index is 2.22. The van der Waals surface area contributed by atoms with E-state index in [1.54, 1.807) is 11.3 Å². The molecule has 1 unspecified atom stereocenters. The summed E-state index contributed by atoms with van der Waals surface area (Å²) in [6.45, 7) is 2.44. The third-order valence-corrected chi connectivity index (χ3v) is 3.64. The molecule has 1 atom stereocenters. The van der Waals surface area contributed by atoms with Crippen LogP contribution in [0.5, 0.6) is 0 Å². The van der Waals surface area contributed by atoms with Gasteiger partial charge in [-0.3, -0.25) is 0 Å². The molecule has 0 saturated heterocycles. The minimum Gasteiger partial charge on any atom is -0.313 e. The number of thiophene rings is 1. The van der Waals surface area contributed by atoms with Crippen molar-refractivity contribution in [3.05, 3.63) is 22.4 Å². The normalized spacial score (nSPS) is 14.0. The lowest BCUT2D eigenvalue weighted by atomic mass is 10.2. The van der Waals surface area contributed by atoms with Crippen LogP contribution in [0.4, 0.5) is 0 Å². The number of primary sulfonamides is 1. The number of hydrogen-bond donors (Lipinski definition) is 2. The van der Waals surface area contributed by atoms with E-state index in [0.717, 1.165) is 6.42 Å². The summed E-state index contributed by atoms with van der Waals surface area (Å²) in [7, 11) is -3.34. The van der Waals surface area contributed by atoms with Crippen molar-refractivity contribution in [2.75, 3.05) is 12.3 Å². The number of rotatable bonds is 6. The van der Waals surface area contributed by atoms with Crippen molar-refractivity contribution < 1.29 is 8.42 Å². The Morgan fingerprint density at radius 1 is 1.60 bits per heavy atom. The molecule has 1 rings (SSSR count). The predicted octanol–water partition coefficient (Wildman–Crippen LogP) is 0.557. The van der Waals surface area contributed by atoms with Gasteiger partial charge in [0.25, 0.3) is 0 Å². The Hall–Kier alpha value is -0.430. The van der Waals surface area contributed by atoms with Crippen LogP contribution in [0.15, 0.2) is 17.5 Å². The molecule has 0 radical (unpaired) electrons. The summed E-state index contributed by atoms with van der Waals surface area (Å²) in [6, 6.07) is 4.35. The maximum atomic E-state index is 10.7. The summed E-state index contributed by atoms with van der Waals surface area (Å²) in [5.41, 5.74) is 0. The molecular formula is C9H16N2O2S2. The Morgan fingerprint density at radius 2 is 2.33 bits per heavy atom. The average molecular weight is 248 g/mol. The standard InChI is InChI=1S/C9H16N2O2S2/c1-8(7-9-3-2-5-14-9)11-4-6-15(10,12)13/h2-3,5,8,11H,4,6-7H2,1H3,(H2,10,12,13). The summed E-state index contributed by atoms with van der Waals surface area (Å²) in [4.78, 5) is 1.30. The van der Waals surface area contributed by atoms with E-state index in [4.69, 9.17) is 5.14 Å². The molecule has 1 heterocycles. The number of hydrogen-bond acceptors (Lipinski definition) is 4. The molecule has 0 aliphatic carbocycles. The molecule has 15 heavy (non-hydrogen) atoms. The smallest absolute Gasteiger partial charge is 0.210 e. The largest absolute Gasteiger partial charge is 0.313 e. The SMILES string of the molecule is CC(Cc1cccs1)NCCS(N)(=O)=O. The van der Waals surface area contributed by atoms with Gasteiger partial charge in [-0.15, -0.1) is 11.3 Å². The van der Waals surface area contributed by atoms with Crippen LogP contribution in [0.25, 0.3) is 0 Å². The van der Waals surface area contributed by atoms with Gasteiger partial charge in [0.2, 0.25) is 10.0 Å². The Morgan fingerprint density at radius 3 is 2.87 bits per heavy atom. The van der Waals surface area contributed by atoms with Crippen LogP contribution < -0.4 is 10.5 Å². The van der Waals surface area contributed by atoms with E-state index < -0.39 is 10.0 Å². The first kappa shape index (κ1) is 12.6. The Bertz CT molecular complexity index is 373. The highest BCUT2D eigenvalue weighted by atomic mass is 32.2. The minimum atomic E-state index is -3.34. The highest BCUT2D eigenvalue weighted by molar-refractivity contribution is 7.89. The van der Waals surface area contributed by atoms with E-state index in [0.29, 0.717) is 6.54 Å². The van der Waals surface area contributed by atoms with Gasteiger partial charge in [0, 0.05) is 17.5 Å². The lowest BCUT2D eigenvalue weighted by molar-refractivity contribution is 0.557. The van der Waals surface area contributed by atoms with Gasteiger partial charge in [0.15, 0.2) is 0 Å². The summed E-state index contributed by atoms with van der Waals surface area (Å²) >= 11 is 1.71. The molecule has 0 bridgehead atoms. The molecule has 0 amide bonds. The summed E-state index contributed by atoms with van der Waals surface area (Å²) in [6.07, 6.45) is 0.919. The number of nitrogens with two attached hydrogens (primary N) is 1. The van der Waals surface area contributed by atoms with Crippen molar-refractivity contribution in [1.82, 2.24) is 5.32 Å². The van der Waals surface area contributed by atoms with Crippen LogP contribution in [0.3, 0.4) is 0 Å². The maximum Gasteiger partial charge on any atom is 0.210 e. The molecule has 6 heteroatoms. The highest BCUT2D eigenvalue weighted by Crippen LogP contribution is 2.10. The molecule has 0 aliphatic heterocycles. The van der Waals surface area contributed by atoms with Crippen LogP contribution in [-0.2, 0) is 16.4 Å². The zero-order chi connectivity index (χ0) is 11.3. The molecule has 0 spiro atoms. The average Bonchev–Trinajstić information content (AvgIpc) is 2.54. The molecule has 0 fully saturated rings. The van der Waals surface area contributed by atoms with E-state index in [1.165, 1.54) is 4.88 Å². The summed E-state index contributed by atoms with van der Waals surface area (Å²) in [5, 5.41) is 10.1. The Labute approximate surface area is 94.5 Å².